The third kappa shape index (κ3) is 3.41. The summed E-state index contributed by atoms with van der Waals surface area (Å²) >= 11 is 11.0. The van der Waals surface area contributed by atoms with Gasteiger partial charge in [-0.25, -0.2) is 0 Å². The van der Waals surface area contributed by atoms with Gasteiger partial charge in [0.1, 0.15) is 0 Å². The highest BCUT2D eigenvalue weighted by Crippen LogP contribution is 2.44. The first kappa shape index (κ1) is 22.8. The van der Waals surface area contributed by atoms with Gasteiger partial charge in [0.2, 0.25) is 0 Å². The molecule has 8 rings (SSSR count). The van der Waals surface area contributed by atoms with E-state index >= 15 is 0 Å². The fourth-order valence-corrected chi connectivity index (χ4v) is 8.87. The van der Waals surface area contributed by atoms with Gasteiger partial charge in [0, 0.05) is 22.1 Å². The molecular formula is C32H18Br2N2S2. The quantitative estimate of drug-likeness (QED) is 0.179. The number of hydrogen-bond donors (Lipinski definition) is 0. The fraction of sp³-hybridized carbons (Fsp3) is 0. The Kier molecular flexibility index (Phi) is 5.21. The average molecular weight is 654 g/mol. The molecule has 0 bridgehead atoms. The zero-order chi connectivity index (χ0) is 25.4. The summed E-state index contributed by atoms with van der Waals surface area (Å²) in [4.78, 5) is 0. The molecule has 0 fully saturated rings. The third-order valence-corrected chi connectivity index (χ3v) is 10.6. The van der Waals surface area contributed by atoms with E-state index in [0.29, 0.717) is 0 Å². The van der Waals surface area contributed by atoms with Gasteiger partial charge in [0.05, 0.1) is 39.0 Å². The van der Waals surface area contributed by atoms with E-state index in [1.807, 2.05) is 0 Å². The normalized spacial score (nSPS) is 11.9. The van der Waals surface area contributed by atoms with Crippen molar-refractivity contribution in [2.45, 2.75) is 0 Å². The van der Waals surface area contributed by atoms with Crippen molar-refractivity contribution in [1.82, 2.24) is 9.13 Å². The molecule has 2 nitrogen and oxygen atoms in total. The van der Waals surface area contributed by atoms with Gasteiger partial charge in [-0.05, 0) is 97.6 Å². The van der Waals surface area contributed by atoms with Crippen molar-refractivity contribution < 1.29 is 0 Å². The van der Waals surface area contributed by atoms with Gasteiger partial charge in [0.25, 0.3) is 0 Å². The van der Waals surface area contributed by atoms with Crippen molar-refractivity contribution in [2.75, 3.05) is 0 Å². The summed E-state index contributed by atoms with van der Waals surface area (Å²) in [5, 5.41) is 2.54. The van der Waals surface area contributed by atoms with Crippen LogP contribution >= 0.6 is 54.5 Å². The van der Waals surface area contributed by atoms with Crippen LogP contribution in [0.5, 0.6) is 0 Å². The molecular weight excluding hydrogens is 636 g/mol. The molecule has 8 aromatic rings. The highest BCUT2D eigenvalue weighted by Gasteiger charge is 2.18. The van der Waals surface area contributed by atoms with Crippen LogP contribution in [-0.2, 0) is 0 Å². The fourth-order valence-electron chi connectivity index (χ4n) is 5.58. The number of halogens is 2. The second-order valence-corrected chi connectivity index (χ2v) is 14.2. The first-order valence-corrected chi connectivity index (χ1v) is 15.5. The van der Waals surface area contributed by atoms with Crippen LogP contribution in [0.2, 0.25) is 0 Å². The lowest BCUT2D eigenvalue weighted by Crippen LogP contribution is -1.93. The largest absolute Gasteiger partial charge is 0.309 e. The summed E-state index contributed by atoms with van der Waals surface area (Å²) in [6.45, 7) is 0. The van der Waals surface area contributed by atoms with Crippen molar-refractivity contribution in [1.29, 1.82) is 0 Å². The standard InChI is InChI=1S/C32H18Br2N2S2/c33-29-17-27-31(37-29)32-28(18-30(34)38-32)36(27)22-13-10-19(11-14-22)20-12-15-26-24(16-20)23-8-4-5-9-25(23)35(26)21-6-2-1-3-7-21/h1-18H. The highest BCUT2D eigenvalue weighted by atomic mass is 79.9. The van der Waals surface area contributed by atoms with E-state index in [9.17, 15) is 0 Å². The average Bonchev–Trinajstić information content (AvgIpc) is 3.67. The Hall–Kier alpha value is -3.16. The summed E-state index contributed by atoms with van der Waals surface area (Å²) in [6, 6.07) is 39.6. The molecule has 0 unspecified atom stereocenters. The summed E-state index contributed by atoms with van der Waals surface area (Å²) in [5.41, 5.74) is 9.74. The SMILES string of the molecule is Brc1cc2c(s1)c1sc(Br)cc1n2-c1ccc(-c2ccc3c(c2)c2ccccc2n3-c2ccccc2)cc1. The maximum absolute atomic E-state index is 3.69. The Morgan fingerprint density at radius 2 is 1.00 bits per heavy atom. The predicted molar refractivity (Wildman–Crippen MR) is 172 cm³/mol. The van der Waals surface area contributed by atoms with Gasteiger partial charge in [-0.1, -0.05) is 54.6 Å². The van der Waals surface area contributed by atoms with Gasteiger partial charge in [-0.2, -0.15) is 0 Å². The van der Waals surface area contributed by atoms with Crippen LogP contribution in [0.15, 0.2) is 117 Å². The zero-order valence-corrected chi connectivity index (χ0v) is 24.7. The molecule has 0 saturated heterocycles. The van der Waals surface area contributed by atoms with Crippen LogP contribution in [0.4, 0.5) is 0 Å². The van der Waals surface area contributed by atoms with Crippen LogP contribution in [-0.4, -0.2) is 9.13 Å². The maximum atomic E-state index is 3.69. The number of fused-ring (bicyclic) bond motifs is 6. The van der Waals surface area contributed by atoms with Crippen LogP contribution < -0.4 is 0 Å². The Morgan fingerprint density at radius 1 is 0.447 bits per heavy atom. The van der Waals surface area contributed by atoms with Crippen molar-refractivity contribution in [3.63, 3.8) is 0 Å². The van der Waals surface area contributed by atoms with E-state index in [4.69, 9.17) is 0 Å². The molecule has 0 aliphatic heterocycles. The number of rotatable bonds is 3. The number of thiophene rings is 2. The summed E-state index contributed by atoms with van der Waals surface area (Å²) in [7, 11) is 0. The second kappa shape index (κ2) is 8.68. The molecule has 0 atom stereocenters. The van der Waals surface area contributed by atoms with Gasteiger partial charge in [-0.3, -0.25) is 0 Å². The molecule has 4 aromatic heterocycles. The molecule has 0 amide bonds. The Balaban J connectivity index is 1.27. The summed E-state index contributed by atoms with van der Waals surface area (Å²) in [5.74, 6) is 0. The Morgan fingerprint density at radius 3 is 1.71 bits per heavy atom. The van der Waals surface area contributed by atoms with Crippen LogP contribution in [0.3, 0.4) is 0 Å². The smallest absolute Gasteiger partial charge is 0.0727 e. The van der Waals surface area contributed by atoms with Gasteiger partial charge < -0.3 is 9.13 Å². The molecule has 4 aromatic carbocycles. The number of hydrogen-bond acceptors (Lipinski definition) is 2. The van der Waals surface area contributed by atoms with E-state index in [2.05, 4.69) is 150 Å². The third-order valence-electron chi connectivity index (χ3n) is 7.20. The molecule has 38 heavy (non-hydrogen) atoms. The van der Waals surface area contributed by atoms with Crippen LogP contribution in [0.1, 0.15) is 0 Å². The minimum absolute atomic E-state index is 1.15. The first-order chi connectivity index (χ1) is 18.7. The maximum Gasteiger partial charge on any atom is 0.0727 e. The van der Waals surface area contributed by atoms with E-state index < -0.39 is 0 Å². The monoisotopic (exact) mass is 652 g/mol. The van der Waals surface area contributed by atoms with E-state index in [1.165, 1.54) is 64.7 Å². The lowest BCUT2D eigenvalue weighted by Gasteiger charge is -2.09. The number of nitrogens with zero attached hydrogens (tertiary/aromatic N) is 2. The topological polar surface area (TPSA) is 9.86 Å². The zero-order valence-electron chi connectivity index (χ0n) is 19.9. The predicted octanol–water partition coefficient (Wildman–Crippen LogP) is 11.2. The van der Waals surface area contributed by atoms with Gasteiger partial charge in [-0.15, -0.1) is 22.7 Å². The number of para-hydroxylation sites is 2. The first-order valence-electron chi connectivity index (χ1n) is 12.2. The van der Waals surface area contributed by atoms with E-state index in [-0.39, 0.29) is 0 Å². The molecule has 0 aliphatic rings. The van der Waals surface area contributed by atoms with Crippen molar-refractivity contribution in [3.8, 4) is 22.5 Å². The van der Waals surface area contributed by atoms with Gasteiger partial charge >= 0.3 is 0 Å². The van der Waals surface area contributed by atoms with E-state index in [1.54, 1.807) is 22.7 Å². The minimum Gasteiger partial charge on any atom is -0.309 e. The molecule has 0 N–H and O–H groups in total. The number of benzene rings is 4. The molecule has 6 heteroatoms. The Bertz CT molecular complexity index is 2090. The Labute approximate surface area is 243 Å². The highest BCUT2D eigenvalue weighted by molar-refractivity contribution is 9.11. The van der Waals surface area contributed by atoms with Crippen LogP contribution in [0, 0.1) is 0 Å². The van der Waals surface area contributed by atoms with Crippen molar-refractivity contribution in [2.24, 2.45) is 0 Å². The molecule has 0 aliphatic carbocycles. The lowest BCUT2D eigenvalue weighted by atomic mass is 10.0. The van der Waals surface area contributed by atoms with E-state index in [0.717, 1.165) is 7.57 Å². The summed E-state index contributed by atoms with van der Waals surface area (Å²) < 4.78 is 9.69. The molecule has 0 radical (unpaired) electrons. The summed E-state index contributed by atoms with van der Waals surface area (Å²) in [6.07, 6.45) is 0. The van der Waals surface area contributed by atoms with Crippen molar-refractivity contribution >= 4 is 96.8 Å². The molecule has 0 saturated carbocycles. The second-order valence-electron chi connectivity index (χ2n) is 9.33. The number of aromatic nitrogens is 2. The minimum atomic E-state index is 1.15. The van der Waals surface area contributed by atoms with Gasteiger partial charge in [0.15, 0.2) is 0 Å². The van der Waals surface area contributed by atoms with Crippen LogP contribution in [0.25, 0.3) is 64.7 Å². The van der Waals surface area contributed by atoms with Crippen molar-refractivity contribution in [3.05, 3.63) is 117 Å². The molecule has 182 valence electrons. The molecule has 4 heterocycles. The molecule has 0 spiro atoms. The lowest BCUT2D eigenvalue weighted by molar-refractivity contribution is 1.18.